The second-order valence-electron chi connectivity index (χ2n) is 5.43. The van der Waals surface area contributed by atoms with E-state index in [-0.39, 0.29) is 30.8 Å². The Bertz CT molecular complexity index is 566. The number of benzene rings is 1. The number of hydrogen-bond donors (Lipinski definition) is 4. The molecule has 0 aromatic heterocycles. The van der Waals surface area contributed by atoms with E-state index in [2.05, 4.69) is 16.0 Å². The van der Waals surface area contributed by atoms with Crippen LogP contribution in [0.3, 0.4) is 0 Å². The normalized spacial score (nSPS) is 11.5. The lowest BCUT2D eigenvalue weighted by atomic mass is 10.1. The third-order valence-electron chi connectivity index (χ3n) is 3.52. The van der Waals surface area contributed by atoms with Crippen LogP contribution >= 0.6 is 0 Å². The summed E-state index contributed by atoms with van der Waals surface area (Å²) in [5.74, 6) is -0.725. The molecule has 5 N–H and O–H groups in total. The van der Waals surface area contributed by atoms with Gasteiger partial charge in [-0.1, -0.05) is 18.2 Å². The van der Waals surface area contributed by atoms with Crippen molar-refractivity contribution < 1.29 is 19.7 Å². The molecule has 0 aliphatic carbocycles. The highest BCUT2D eigenvalue weighted by Crippen LogP contribution is 2.18. The largest absolute Gasteiger partial charge is 0.354 e. The topological polar surface area (TPSA) is 104 Å². The number of carbonyl (C=O) groups is 3. The van der Waals surface area contributed by atoms with Gasteiger partial charge in [0.25, 0.3) is 11.8 Å². The van der Waals surface area contributed by atoms with Gasteiger partial charge in [-0.2, -0.15) is 0 Å². The van der Waals surface area contributed by atoms with E-state index in [1.807, 2.05) is 32.0 Å². The molecule has 0 aliphatic rings. The molecule has 0 fully saturated rings. The zero-order chi connectivity index (χ0) is 17.4. The van der Waals surface area contributed by atoms with E-state index in [0.717, 1.165) is 16.8 Å². The van der Waals surface area contributed by atoms with Crippen molar-refractivity contribution in [3.8, 4) is 0 Å². The van der Waals surface area contributed by atoms with E-state index >= 15 is 0 Å². The minimum Gasteiger partial charge on any atom is -0.354 e. The van der Waals surface area contributed by atoms with Gasteiger partial charge < -0.3 is 21.3 Å². The Balaban J connectivity index is 2.43. The van der Waals surface area contributed by atoms with Crippen molar-refractivity contribution in [1.82, 2.24) is 10.6 Å². The van der Waals surface area contributed by atoms with Crippen LogP contribution in [0.5, 0.6) is 0 Å². The smallest absolute Gasteiger partial charge is 0.278 e. The first kappa shape index (κ1) is 18.6. The predicted octanol–water partition coefficient (Wildman–Crippen LogP) is -0.944. The van der Waals surface area contributed by atoms with Crippen LogP contribution < -0.4 is 21.3 Å². The molecular formula is C16H25N4O3+. The van der Waals surface area contributed by atoms with E-state index in [9.17, 15) is 14.4 Å². The Hall–Kier alpha value is -2.41. The molecule has 0 unspecified atom stereocenters. The fourth-order valence-corrected chi connectivity index (χ4v) is 2.02. The summed E-state index contributed by atoms with van der Waals surface area (Å²) >= 11 is 0. The first-order valence-corrected chi connectivity index (χ1v) is 7.52. The summed E-state index contributed by atoms with van der Waals surface area (Å²) in [7, 11) is 1.54. The number of rotatable bonds is 7. The molecule has 0 radical (unpaired) electrons. The van der Waals surface area contributed by atoms with Crippen LogP contribution in [-0.2, 0) is 14.4 Å². The molecule has 1 aromatic rings. The molecule has 1 aromatic carbocycles. The van der Waals surface area contributed by atoms with Crippen molar-refractivity contribution in [2.45, 2.75) is 26.8 Å². The third-order valence-corrected chi connectivity index (χ3v) is 3.52. The van der Waals surface area contributed by atoms with Crippen LogP contribution in [0.15, 0.2) is 18.2 Å². The fourth-order valence-electron chi connectivity index (χ4n) is 2.02. The van der Waals surface area contributed by atoms with E-state index in [4.69, 9.17) is 0 Å². The number of amides is 3. The second-order valence-corrected chi connectivity index (χ2v) is 5.43. The van der Waals surface area contributed by atoms with Gasteiger partial charge in [0.2, 0.25) is 5.91 Å². The number of nitrogens with one attached hydrogen (secondary N) is 3. The SMILES string of the molecule is CNC(=O)C[NH2+][C@@H](C)C(=O)NCC(=O)Nc1c(C)cccc1C. The van der Waals surface area contributed by atoms with E-state index in [1.165, 1.54) is 0 Å². The van der Waals surface area contributed by atoms with Crippen molar-refractivity contribution in [3.63, 3.8) is 0 Å². The lowest BCUT2D eigenvalue weighted by Crippen LogP contribution is -2.93. The van der Waals surface area contributed by atoms with Crippen molar-refractivity contribution in [1.29, 1.82) is 0 Å². The average molecular weight is 321 g/mol. The average Bonchev–Trinajstić information content (AvgIpc) is 2.53. The highest BCUT2D eigenvalue weighted by atomic mass is 16.2. The summed E-state index contributed by atoms with van der Waals surface area (Å²) in [6, 6.07) is 5.31. The number of carbonyl (C=O) groups excluding carboxylic acids is 3. The summed E-state index contributed by atoms with van der Waals surface area (Å²) in [5, 5.41) is 9.46. The molecule has 126 valence electrons. The monoisotopic (exact) mass is 321 g/mol. The molecule has 0 heterocycles. The zero-order valence-corrected chi connectivity index (χ0v) is 14.0. The number of hydrogen-bond acceptors (Lipinski definition) is 3. The van der Waals surface area contributed by atoms with Crippen LogP contribution in [0.2, 0.25) is 0 Å². The number of quaternary nitrogens is 1. The first-order valence-electron chi connectivity index (χ1n) is 7.52. The highest BCUT2D eigenvalue weighted by Gasteiger charge is 2.18. The number of likely N-dealkylation sites (N-methyl/N-ethyl adjacent to an activating group) is 1. The molecular weight excluding hydrogens is 296 g/mol. The van der Waals surface area contributed by atoms with Gasteiger partial charge in [0, 0.05) is 12.7 Å². The Labute approximate surface area is 136 Å². The van der Waals surface area contributed by atoms with E-state index in [0.29, 0.717) is 0 Å². The van der Waals surface area contributed by atoms with E-state index in [1.54, 1.807) is 19.3 Å². The van der Waals surface area contributed by atoms with Gasteiger partial charge in [0.05, 0.1) is 6.54 Å². The predicted molar refractivity (Wildman–Crippen MR) is 87.9 cm³/mol. The minimum absolute atomic E-state index is 0.106. The van der Waals surface area contributed by atoms with Crippen LogP contribution in [0.1, 0.15) is 18.1 Å². The molecule has 1 rings (SSSR count). The molecule has 23 heavy (non-hydrogen) atoms. The Morgan fingerprint density at radius 2 is 1.74 bits per heavy atom. The number of aryl methyl sites for hydroxylation is 2. The maximum Gasteiger partial charge on any atom is 0.278 e. The Morgan fingerprint density at radius 1 is 1.13 bits per heavy atom. The van der Waals surface area contributed by atoms with Crippen LogP contribution in [0.25, 0.3) is 0 Å². The van der Waals surface area contributed by atoms with E-state index < -0.39 is 6.04 Å². The van der Waals surface area contributed by atoms with Crippen LogP contribution in [-0.4, -0.2) is 43.9 Å². The summed E-state index contributed by atoms with van der Waals surface area (Å²) in [6.45, 7) is 5.57. The number of para-hydroxylation sites is 1. The lowest BCUT2D eigenvalue weighted by molar-refractivity contribution is -0.663. The first-order chi connectivity index (χ1) is 10.8. The number of nitrogens with two attached hydrogens (primary N) is 1. The summed E-state index contributed by atoms with van der Waals surface area (Å²) < 4.78 is 0. The minimum atomic E-state index is -0.444. The highest BCUT2D eigenvalue weighted by molar-refractivity contribution is 5.96. The molecule has 3 amide bonds. The van der Waals surface area contributed by atoms with Gasteiger partial charge in [-0.25, -0.2) is 0 Å². The summed E-state index contributed by atoms with van der Waals surface area (Å²) in [5.41, 5.74) is 2.71. The summed E-state index contributed by atoms with van der Waals surface area (Å²) in [4.78, 5) is 35.0. The summed E-state index contributed by atoms with van der Waals surface area (Å²) in [6.07, 6.45) is 0. The molecule has 7 heteroatoms. The molecule has 1 atom stereocenters. The maximum atomic E-state index is 12.0. The van der Waals surface area contributed by atoms with Gasteiger partial charge in [0.1, 0.15) is 0 Å². The van der Waals surface area contributed by atoms with Gasteiger partial charge in [0.15, 0.2) is 12.6 Å². The Kier molecular flexibility index (Phi) is 7.21. The van der Waals surface area contributed by atoms with Crippen molar-refractivity contribution in [2.24, 2.45) is 0 Å². The second kappa shape index (κ2) is 8.89. The molecule has 0 aliphatic heterocycles. The van der Waals surface area contributed by atoms with Gasteiger partial charge in [-0.3, -0.25) is 14.4 Å². The molecule has 0 saturated heterocycles. The molecule has 0 bridgehead atoms. The Morgan fingerprint density at radius 3 is 2.30 bits per heavy atom. The number of anilines is 1. The quantitative estimate of drug-likeness (QED) is 0.521. The lowest BCUT2D eigenvalue weighted by Gasteiger charge is -2.13. The van der Waals surface area contributed by atoms with Crippen LogP contribution in [0.4, 0.5) is 5.69 Å². The van der Waals surface area contributed by atoms with Crippen LogP contribution in [0, 0.1) is 13.8 Å². The van der Waals surface area contributed by atoms with Crippen molar-refractivity contribution in [3.05, 3.63) is 29.3 Å². The van der Waals surface area contributed by atoms with Gasteiger partial charge in [-0.15, -0.1) is 0 Å². The van der Waals surface area contributed by atoms with Gasteiger partial charge in [-0.05, 0) is 31.9 Å². The van der Waals surface area contributed by atoms with Crippen molar-refractivity contribution in [2.75, 3.05) is 25.5 Å². The fraction of sp³-hybridized carbons (Fsp3) is 0.438. The molecule has 0 spiro atoms. The molecule has 7 nitrogen and oxygen atoms in total. The standard InChI is InChI=1S/C16H24N4O3/c1-10-6-5-7-11(2)15(10)20-14(22)9-19-16(23)12(3)18-8-13(21)17-4/h5-7,12,18H,8-9H2,1-4H3,(H,17,21)(H,19,23)(H,20,22)/p+1/t12-/m0/s1. The zero-order valence-electron chi connectivity index (χ0n) is 14.0. The molecule has 0 saturated carbocycles. The van der Waals surface area contributed by atoms with Gasteiger partial charge >= 0.3 is 0 Å². The third kappa shape index (κ3) is 6.07. The maximum absolute atomic E-state index is 12.0. The van der Waals surface area contributed by atoms with Crippen molar-refractivity contribution >= 4 is 23.4 Å².